The monoisotopic (exact) mass is 387 g/mol. The summed E-state index contributed by atoms with van der Waals surface area (Å²) in [5, 5.41) is 2.87. The van der Waals surface area contributed by atoms with Crippen LogP contribution in [0.5, 0.6) is 0 Å². The topological polar surface area (TPSA) is 69.7 Å². The Balaban J connectivity index is 1.83. The molecule has 0 spiro atoms. The Labute approximate surface area is 160 Å². The van der Waals surface area contributed by atoms with Gasteiger partial charge in [0.15, 0.2) is 0 Å². The highest BCUT2D eigenvalue weighted by atomic mass is 32.2. The molecule has 0 atom stereocenters. The van der Waals surface area contributed by atoms with Gasteiger partial charge in [0.05, 0.1) is 11.4 Å². The molecule has 0 radical (unpaired) electrons. The fourth-order valence-corrected chi connectivity index (χ4v) is 4.82. The Hall–Kier alpha value is -2.54. The number of nitrogens with zero attached hydrogens (tertiary/aromatic N) is 2. The molecule has 0 bridgehead atoms. The first-order chi connectivity index (χ1) is 12.8. The number of carbonyl (C=O) groups is 1. The number of sulfonamides is 1. The summed E-state index contributed by atoms with van der Waals surface area (Å²) in [5.41, 5.74) is 3.60. The van der Waals surface area contributed by atoms with Crippen LogP contribution in [-0.2, 0) is 10.0 Å². The van der Waals surface area contributed by atoms with Gasteiger partial charge in [-0.15, -0.1) is 0 Å². The lowest BCUT2D eigenvalue weighted by Gasteiger charge is -2.29. The molecule has 1 aliphatic heterocycles. The van der Waals surface area contributed by atoms with Crippen molar-refractivity contribution in [1.29, 1.82) is 0 Å². The van der Waals surface area contributed by atoms with Crippen LogP contribution in [0.4, 0.5) is 17.1 Å². The van der Waals surface area contributed by atoms with E-state index in [4.69, 9.17) is 0 Å². The first kappa shape index (κ1) is 19.2. The van der Waals surface area contributed by atoms with Crippen LogP contribution in [0.1, 0.15) is 28.8 Å². The van der Waals surface area contributed by atoms with E-state index in [1.54, 1.807) is 18.2 Å². The van der Waals surface area contributed by atoms with Gasteiger partial charge in [-0.1, -0.05) is 6.07 Å². The van der Waals surface area contributed by atoms with E-state index in [1.165, 1.54) is 4.31 Å². The van der Waals surface area contributed by atoms with Crippen molar-refractivity contribution in [2.24, 2.45) is 0 Å². The van der Waals surface area contributed by atoms with Crippen LogP contribution in [0.15, 0.2) is 42.5 Å². The Morgan fingerprint density at radius 2 is 1.78 bits per heavy atom. The molecule has 1 saturated heterocycles. The second kappa shape index (κ2) is 7.60. The van der Waals surface area contributed by atoms with Crippen molar-refractivity contribution in [3.63, 3.8) is 0 Å². The van der Waals surface area contributed by atoms with E-state index in [2.05, 4.69) is 5.32 Å². The van der Waals surface area contributed by atoms with Crippen molar-refractivity contribution in [1.82, 2.24) is 0 Å². The van der Waals surface area contributed by atoms with Crippen molar-refractivity contribution in [2.45, 2.75) is 19.8 Å². The number of hydrogen-bond acceptors (Lipinski definition) is 4. The SMILES string of the molecule is Cc1ccc(C(=O)Nc2ccc(N(C)C)cc2)cc1N1CCCCS1(=O)=O. The zero-order valence-electron chi connectivity index (χ0n) is 15.9. The Morgan fingerprint density at radius 1 is 1.07 bits per heavy atom. The summed E-state index contributed by atoms with van der Waals surface area (Å²) in [6, 6.07) is 12.7. The summed E-state index contributed by atoms with van der Waals surface area (Å²) in [4.78, 5) is 14.6. The van der Waals surface area contributed by atoms with Crippen molar-refractivity contribution >= 4 is 33.0 Å². The third-order valence-corrected chi connectivity index (χ3v) is 6.59. The number of nitrogens with one attached hydrogen (secondary N) is 1. The number of amides is 1. The normalized spacial score (nSPS) is 16.0. The summed E-state index contributed by atoms with van der Waals surface area (Å²) < 4.78 is 26.3. The molecule has 0 aliphatic carbocycles. The molecular weight excluding hydrogens is 362 g/mol. The fourth-order valence-electron chi connectivity index (χ4n) is 3.12. The molecule has 6 nitrogen and oxygen atoms in total. The number of hydrogen-bond donors (Lipinski definition) is 1. The van der Waals surface area contributed by atoms with Gasteiger partial charge in [0.2, 0.25) is 10.0 Å². The summed E-state index contributed by atoms with van der Waals surface area (Å²) in [7, 11) is 0.592. The van der Waals surface area contributed by atoms with E-state index in [1.807, 2.05) is 50.2 Å². The highest BCUT2D eigenvalue weighted by Gasteiger charge is 2.27. The van der Waals surface area contributed by atoms with Gasteiger partial charge in [-0.05, 0) is 61.7 Å². The summed E-state index contributed by atoms with van der Waals surface area (Å²) in [6.45, 7) is 2.32. The average Bonchev–Trinajstić information content (AvgIpc) is 2.62. The molecule has 0 unspecified atom stereocenters. The van der Waals surface area contributed by atoms with Gasteiger partial charge in [-0.2, -0.15) is 0 Å². The van der Waals surface area contributed by atoms with Crippen LogP contribution in [0.25, 0.3) is 0 Å². The summed E-state index contributed by atoms with van der Waals surface area (Å²) in [6.07, 6.45) is 1.51. The molecule has 0 aromatic heterocycles. The van der Waals surface area contributed by atoms with Gasteiger partial charge in [-0.25, -0.2) is 8.42 Å². The molecule has 27 heavy (non-hydrogen) atoms. The molecular formula is C20H25N3O3S. The third-order valence-electron chi connectivity index (χ3n) is 4.73. The molecule has 1 amide bonds. The minimum absolute atomic E-state index is 0.154. The van der Waals surface area contributed by atoms with Crippen LogP contribution >= 0.6 is 0 Å². The predicted octanol–water partition coefficient (Wildman–Crippen LogP) is 3.24. The molecule has 144 valence electrons. The van der Waals surface area contributed by atoms with Gasteiger partial charge in [0.25, 0.3) is 5.91 Å². The number of aryl methyl sites for hydroxylation is 1. The fraction of sp³-hybridized carbons (Fsp3) is 0.350. The van der Waals surface area contributed by atoms with Gasteiger partial charge in [-0.3, -0.25) is 9.10 Å². The van der Waals surface area contributed by atoms with E-state index in [0.29, 0.717) is 29.9 Å². The second-order valence-electron chi connectivity index (χ2n) is 6.99. The van der Waals surface area contributed by atoms with E-state index in [0.717, 1.165) is 17.7 Å². The smallest absolute Gasteiger partial charge is 0.255 e. The Bertz CT molecular complexity index is 937. The highest BCUT2D eigenvalue weighted by Crippen LogP contribution is 2.28. The second-order valence-corrected chi connectivity index (χ2v) is 9.00. The largest absolute Gasteiger partial charge is 0.378 e. The summed E-state index contributed by atoms with van der Waals surface area (Å²) >= 11 is 0. The molecule has 1 fully saturated rings. The van der Waals surface area contributed by atoms with Crippen molar-refractivity contribution in [3.8, 4) is 0 Å². The van der Waals surface area contributed by atoms with E-state index in [-0.39, 0.29) is 11.7 Å². The van der Waals surface area contributed by atoms with Gasteiger partial charge in [0.1, 0.15) is 0 Å². The van der Waals surface area contributed by atoms with Crippen LogP contribution < -0.4 is 14.5 Å². The average molecular weight is 388 g/mol. The zero-order valence-corrected chi connectivity index (χ0v) is 16.7. The molecule has 2 aromatic rings. The van der Waals surface area contributed by atoms with Crippen molar-refractivity contribution in [2.75, 3.05) is 40.9 Å². The minimum atomic E-state index is -3.32. The quantitative estimate of drug-likeness (QED) is 0.874. The maximum Gasteiger partial charge on any atom is 0.255 e. The van der Waals surface area contributed by atoms with Crippen LogP contribution in [0, 0.1) is 6.92 Å². The molecule has 1 N–H and O–H groups in total. The molecule has 3 rings (SSSR count). The Morgan fingerprint density at radius 3 is 2.41 bits per heavy atom. The maximum atomic E-state index is 12.7. The first-order valence-electron chi connectivity index (χ1n) is 8.98. The predicted molar refractivity (Wildman–Crippen MR) is 110 cm³/mol. The first-order valence-corrected chi connectivity index (χ1v) is 10.6. The van der Waals surface area contributed by atoms with Crippen LogP contribution in [0.3, 0.4) is 0 Å². The standard InChI is InChI=1S/C20H25N3O3S/c1-15-6-7-16(14-19(15)23-12-4-5-13-27(23,25)26)20(24)21-17-8-10-18(11-9-17)22(2)3/h6-11,14H,4-5,12-13H2,1-3H3,(H,21,24). The molecule has 0 saturated carbocycles. The lowest BCUT2D eigenvalue weighted by atomic mass is 10.1. The van der Waals surface area contributed by atoms with Crippen LogP contribution in [-0.4, -0.2) is 40.7 Å². The van der Waals surface area contributed by atoms with Gasteiger partial charge < -0.3 is 10.2 Å². The van der Waals surface area contributed by atoms with Gasteiger partial charge >= 0.3 is 0 Å². The molecule has 7 heteroatoms. The summed E-state index contributed by atoms with van der Waals surface area (Å²) in [5.74, 6) is -0.107. The van der Waals surface area contributed by atoms with Crippen molar-refractivity contribution in [3.05, 3.63) is 53.6 Å². The van der Waals surface area contributed by atoms with E-state index >= 15 is 0 Å². The number of anilines is 3. The van der Waals surface area contributed by atoms with Crippen molar-refractivity contribution < 1.29 is 13.2 Å². The van der Waals surface area contributed by atoms with E-state index in [9.17, 15) is 13.2 Å². The van der Waals surface area contributed by atoms with E-state index < -0.39 is 10.0 Å². The number of rotatable bonds is 4. The Kier molecular flexibility index (Phi) is 5.41. The molecule has 1 heterocycles. The zero-order chi connectivity index (χ0) is 19.6. The van der Waals surface area contributed by atoms with Gasteiger partial charge in [0, 0.05) is 37.6 Å². The lowest BCUT2D eigenvalue weighted by molar-refractivity contribution is 0.102. The molecule has 1 aliphatic rings. The minimum Gasteiger partial charge on any atom is -0.378 e. The number of carbonyl (C=O) groups excluding carboxylic acids is 1. The molecule has 2 aromatic carbocycles. The maximum absolute atomic E-state index is 12.7. The number of benzene rings is 2. The third kappa shape index (κ3) is 4.24. The lowest BCUT2D eigenvalue weighted by Crippen LogP contribution is -2.38. The van der Waals surface area contributed by atoms with Crippen LogP contribution in [0.2, 0.25) is 0 Å². The highest BCUT2D eigenvalue weighted by molar-refractivity contribution is 7.92.